The van der Waals surface area contributed by atoms with Crippen molar-refractivity contribution in [2.24, 2.45) is 5.73 Å². The molecule has 0 aliphatic carbocycles. The van der Waals surface area contributed by atoms with E-state index in [1.807, 2.05) is 0 Å². The van der Waals surface area contributed by atoms with Crippen LogP contribution in [0, 0.1) is 0 Å². The van der Waals surface area contributed by atoms with Crippen molar-refractivity contribution in [1.82, 2.24) is 10.2 Å². The predicted octanol–water partition coefficient (Wildman–Crippen LogP) is -0.664. The van der Waals surface area contributed by atoms with Gasteiger partial charge in [-0.3, -0.25) is 19.7 Å². The Labute approximate surface area is 130 Å². The molecule has 1 atom stereocenters. The molecule has 3 rings (SSSR count). The summed E-state index contributed by atoms with van der Waals surface area (Å²) in [5, 5.41) is 2.27. The molecule has 2 aliphatic rings. The fourth-order valence-corrected chi connectivity index (χ4v) is 2.87. The topological polar surface area (TPSA) is 92.5 Å². The molecule has 1 unspecified atom stereocenters. The van der Waals surface area contributed by atoms with E-state index >= 15 is 0 Å². The maximum atomic E-state index is 12.5. The van der Waals surface area contributed by atoms with Crippen LogP contribution in [0.2, 0.25) is 0 Å². The van der Waals surface area contributed by atoms with Gasteiger partial charge in [0.25, 0.3) is 5.91 Å². The third-order valence-corrected chi connectivity index (χ3v) is 3.99. The van der Waals surface area contributed by atoms with Crippen LogP contribution in [0.5, 0.6) is 0 Å². The number of fused-ring (bicyclic) bond motifs is 1. The molecule has 1 fully saturated rings. The minimum Gasteiger partial charge on any atom is -0.326 e. The summed E-state index contributed by atoms with van der Waals surface area (Å²) in [6.07, 6.45) is 0.577. The minimum atomic E-state index is -0.622. The van der Waals surface area contributed by atoms with Crippen molar-refractivity contribution >= 4 is 31.0 Å². The summed E-state index contributed by atoms with van der Waals surface area (Å²) in [5.41, 5.74) is 8.11. The van der Waals surface area contributed by atoms with Gasteiger partial charge in [0.15, 0.2) is 0 Å². The average Bonchev–Trinajstić information content (AvgIpc) is 2.77. The zero-order valence-electron chi connectivity index (χ0n) is 11.4. The number of nitrogens with one attached hydrogen (secondary N) is 1. The second kappa shape index (κ2) is 5.92. The van der Waals surface area contributed by atoms with E-state index in [2.05, 4.69) is 5.32 Å². The van der Waals surface area contributed by atoms with Gasteiger partial charge in [-0.05, 0) is 23.6 Å². The number of rotatable bonds is 2. The lowest BCUT2D eigenvalue weighted by Gasteiger charge is -2.29. The first kappa shape index (κ1) is 16.2. The van der Waals surface area contributed by atoms with Gasteiger partial charge in [0, 0.05) is 25.1 Å². The molecule has 2 heterocycles. The minimum absolute atomic E-state index is 0. The van der Waals surface area contributed by atoms with Crippen LogP contribution in [0.4, 0.5) is 0 Å². The molecule has 3 N–H and O–H groups in total. The maximum absolute atomic E-state index is 12.5. The molecular formula is C15H18BN3O3. The lowest BCUT2D eigenvalue weighted by atomic mass is 9.87. The lowest BCUT2D eigenvalue weighted by molar-refractivity contribution is -0.136. The molecule has 1 aromatic carbocycles. The highest BCUT2D eigenvalue weighted by molar-refractivity contribution is 6.34. The standard InChI is InChI=1S/C14H14BN3O3.CH4/c15-10-4-7(5-16)3-8-9(10)6-18(14(8)21)11-1-2-12(19)17-13(11)20;/h3-4,11H,1-2,5-6,16H2,(H,17,19,20);1H4. The Bertz CT molecular complexity index is 660. The van der Waals surface area contributed by atoms with Crippen LogP contribution in [-0.2, 0) is 22.7 Å². The van der Waals surface area contributed by atoms with Crippen LogP contribution in [0.3, 0.4) is 0 Å². The molecule has 1 aromatic rings. The summed E-state index contributed by atoms with van der Waals surface area (Å²) in [6.45, 7) is 0.584. The number of imide groups is 1. The van der Waals surface area contributed by atoms with Gasteiger partial charge in [-0.1, -0.05) is 19.0 Å². The summed E-state index contributed by atoms with van der Waals surface area (Å²) < 4.78 is 0. The molecule has 6 nitrogen and oxygen atoms in total. The molecule has 0 saturated carbocycles. The summed E-state index contributed by atoms with van der Waals surface area (Å²) in [5.74, 6) is -0.961. The summed E-state index contributed by atoms with van der Waals surface area (Å²) in [7, 11) is 5.97. The molecule has 1 saturated heterocycles. The Kier molecular flexibility index (Phi) is 4.37. The lowest BCUT2D eigenvalue weighted by Crippen LogP contribution is -2.52. The predicted molar refractivity (Wildman–Crippen MR) is 82.5 cm³/mol. The fourth-order valence-electron chi connectivity index (χ4n) is 2.87. The monoisotopic (exact) mass is 299 g/mol. The molecular weight excluding hydrogens is 281 g/mol. The number of hydrogen-bond acceptors (Lipinski definition) is 4. The van der Waals surface area contributed by atoms with Crippen molar-refractivity contribution in [3.8, 4) is 0 Å². The molecule has 0 bridgehead atoms. The van der Waals surface area contributed by atoms with E-state index < -0.39 is 11.9 Å². The quantitative estimate of drug-likeness (QED) is 0.560. The smallest absolute Gasteiger partial charge is 0.255 e. The first-order chi connectivity index (χ1) is 10.0. The molecule has 7 heteroatoms. The van der Waals surface area contributed by atoms with Gasteiger partial charge in [0.05, 0.1) is 0 Å². The van der Waals surface area contributed by atoms with Crippen molar-refractivity contribution in [1.29, 1.82) is 0 Å². The number of hydrogen-bond donors (Lipinski definition) is 2. The Hall–Kier alpha value is -2.15. The van der Waals surface area contributed by atoms with Crippen molar-refractivity contribution in [2.45, 2.75) is 39.4 Å². The molecule has 0 aromatic heterocycles. The van der Waals surface area contributed by atoms with Crippen LogP contribution >= 0.6 is 0 Å². The van der Waals surface area contributed by atoms with E-state index in [0.29, 0.717) is 24.0 Å². The summed E-state index contributed by atoms with van der Waals surface area (Å²) in [4.78, 5) is 37.1. The summed E-state index contributed by atoms with van der Waals surface area (Å²) >= 11 is 0. The van der Waals surface area contributed by atoms with Crippen LogP contribution in [0.25, 0.3) is 0 Å². The fraction of sp³-hybridized carbons (Fsp3) is 0.400. The van der Waals surface area contributed by atoms with Gasteiger partial charge in [-0.25, -0.2) is 0 Å². The summed E-state index contributed by atoms with van der Waals surface area (Å²) in [6, 6.07) is 2.85. The van der Waals surface area contributed by atoms with Crippen molar-refractivity contribution in [3.05, 3.63) is 28.8 Å². The number of carbonyl (C=O) groups is 3. The number of amides is 3. The Morgan fingerprint density at radius 3 is 2.68 bits per heavy atom. The molecule has 3 amide bonds. The maximum Gasteiger partial charge on any atom is 0.255 e. The van der Waals surface area contributed by atoms with E-state index in [9.17, 15) is 14.4 Å². The molecule has 2 radical (unpaired) electrons. The van der Waals surface area contributed by atoms with Crippen molar-refractivity contribution in [2.75, 3.05) is 0 Å². The van der Waals surface area contributed by atoms with E-state index in [4.69, 9.17) is 13.6 Å². The van der Waals surface area contributed by atoms with E-state index in [1.54, 1.807) is 12.1 Å². The zero-order valence-corrected chi connectivity index (χ0v) is 11.4. The van der Waals surface area contributed by atoms with Crippen LogP contribution in [0.15, 0.2) is 12.1 Å². The van der Waals surface area contributed by atoms with Crippen molar-refractivity contribution in [3.63, 3.8) is 0 Å². The average molecular weight is 299 g/mol. The number of piperidine rings is 1. The Morgan fingerprint density at radius 2 is 2.05 bits per heavy atom. The van der Waals surface area contributed by atoms with Crippen LogP contribution in [0.1, 0.15) is 41.8 Å². The normalized spacial score (nSPS) is 20.5. The number of benzene rings is 1. The molecule has 2 aliphatic heterocycles. The highest BCUT2D eigenvalue weighted by Crippen LogP contribution is 2.26. The van der Waals surface area contributed by atoms with Gasteiger partial charge >= 0.3 is 0 Å². The van der Waals surface area contributed by atoms with Crippen LogP contribution < -0.4 is 16.5 Å². The second-order valence-electron chi connectivity index (χ2n) is 5.32. The number of nitrogens with zero attached hydrogens (tertiary/aromatic N) is 1. The third kappa shape index (κ3) is 2.52. The molecule has 114 valence electrons. The van der Waals surface area contributed by atoms with Gasteiger partial charge in [0.1, 0.15) is 13.9 Å². The SMILES string of the molecule is C.[B]c1cc(CN)cc2c1CN(C1CCC(=O)NC1=O)C2=O. The van der Waals surface area contributed by atoms with Crippen molar-refractivity contribution < 1.29 is 14.4 Å². The molecule has 0 spiro atoms. The largest absolute Gasteiger partial charge is 0.326 e. The van der Waals surface area contributed by atoms with Gasteiger partial charge in [0.2, 0.25) is 11.8 Å². The van der Waals surface area contributed by atoms with E-state index in [0.717, 1.165) is 11.1 Å². The van der Waals surface area contributed by atoms with Gasteiger partial charge in [-0.2, -0.15) is 0 Å². The molecule has 22 heavy (non-hydrogen) atoms. The van der Waals surface area contributed by atoms with Gasteiger partial charge < -0.3 is 10.6 Å². The van der Waals surface area contributed by atoms with Crippen LogP contribution in [-0.4, -0.2) is 36.5 Å². The Balaban J connectivity index is 0.00000176. The Morgan fingerprint density at radius 1 is 1.32 bits per heavy atom. The first-order valence-corrected chi connectivity index (χ1v) is 6.77. The zero-order chi connectivity index (χ0) is 15.1. The number of nitrogens with two attached hydrogens (primary N) is 1. The third-order valence-electron chi connectivity index (χ3n) is 3.99. The highest BCUT2D eigenvalue weighted by atomic mass is 16.2. The van der Waals surface area contributed by atoms with Gasteiger partial charge in [-0.15, -0.1) is 0 Å². The number of carbonyl (C=O) groups excluding carboxylic acids is 3. The van der Waals surface area contributed by atoms with E-state index in [1.165, 1.54) is 4.90 Å². The van der Waals surface area contributed by atoms with E-state index in [-0.39, 0.29) is 32.2 Å². The second-order valence-corrected chi connectivity index (χ2v) is 5.32. The highest BCUT2D eigenvalue weighted by Gasteiger charge is 2.39. The first-order valence-electron chi connectivity index (χ1n) is 6.77.